The third-order valence-corrected chi connectivity index (χ3v) is 3.56. The molecule has 0 unspecified atom stereocenters. The van der Waals surface area contributed by atoms with Gasteiger partial charge in [-0.3, -0.25) is 4.79 Å². The highest BCUT2D eigenvalue weighted by atomic mass is 127. The van der Waals surface area contributed by atoms with Crippen LogP contribution in [0.1, 0.15) is 25.3 Å². The fourth-order valence-electron chi connectivity index (χ4n) is 1.96. The summed E-state index contributed by atoms with van der Waals surface area (Å²) >= 11 is 0. The lowest BCUT2D eigenvalue weighted by Gasteiger charge is -2.13. The number of amides is 1. The number of nitrogens with zero attached hydrogens (tertiary/aromatic N) is 2. The van der Waals surface area contributed by atoms with Gasteiger partial charge in [0.2, 0.25) is 5.91 Å². The minimum absolute atomic E-state index is 0. The minimum Gasteiger partial charge on any atom is -0.497 e. The zero-order valence-electron chi connectivity index (χ0n) is 15.7. The van der Waals surface area contributed by atoms with E-state index in [4.69, 9.17) is 4.74 Å². The molecule has 142 valence electrons. The minimum atomic E-state index is -0.0123. The Bertz CT molecular complexity index is 518. The van der Waals surface area contributed by atoms with Crippen molar-refractivity contribution in [1.82, 2.24) is 15.5 Å². The first kappa shape index (κ1) is 23.5. The van der Waals surface area contributed by atoms with E-state index >= 15 is 0 Å². The molecule has 7 heteroatoms. The lowest BCUT2D eigenvalue weighted by atomic mass is 10.1. The second-order valence-electron chi connectivity index (χ2n) is 5.76. The van der Waals surface area contributed by atoms with Gasteiger partial charge in [0.1, 0.15) is 12.3 Å². The van der Waals surface area contributed by atoms with E-state index in [2.05, 4.69) is 34.7 Å². The molecule has 0 aliphatic rings. The van der Waals surface area contributed by atoms with Crippen LogP contribution in [-0.4, -0.2) is 57.6 Å². The number of halogens is 1. The molecule has 1 aromatic rings. The van der Waals surface area contributed by atoms with Crippen molar-refractivity contribution in [1.29, 1.82) is 0 Å². The first-order valence-electron chi connectivity index (χ1n) is 8.42. The largest absolute Gasteiger partial charge is 0.497 e. The maximum atomic E-state index is 11.7. The highest BCUT2D eigenvalue weighted by Gasteiger charge is 2.04. The number of hydrogen-bond donors (Lipinski definition) is 2. The van der Waals surface area contributed by atoms with Crippen LogP contribution >= 0.6 is 24.0 Å². The van der Waals surface area contributed by atoms with Crippen molar-refractivity contribution < 1.29 is 9.53 Å². The SMILES string of the molecule is CCCCNC(=NCC(=O)N(C)C)NCCc1ccc(OC)cc1.I. The average Bonchev–Trinajstić information content (AvgIpc) is 2.59. The van der Waals surface area contributed by atoms with E-state index < -0.39 is 0 Å². The van der Waals surface area contributed by atoms with Crippen LogP contribution in [0.4, 0.5) is 0 Å². The molecule has 2 N–H and O–H groups in total. The molecule has 0 aliphatic heterocycles. The van der Waals surface area contributed by atoms with E-state index in [1.807, 2.05) is 12.1 Å². The Morgan fingerprint density at radius 3 is 2.36 bits per heavy atom. The fraction of sp³-hybridized carbons (Fsp3) is 0.556. The normalized spacial score (nSPS) is 10.6. The number of carbonyl (C=O) groups is 1. The average molecular weight is 462 g/mol. The first-order valence-corrected chi connectivity index (χ1v) is 8.42. The third-order valence-electron chi connectivity index (χ3n) is 3.56. The maximum absolute atomic E-state index is 11.7. The molecule has 0 saturated heterocycles. The van der Waals surface area contributed by atoms with Gasteiger partial charge in [0.25, 0.3) is 0 Å². The van der Waals surface area contributed by atoms with E-state index in [1.165, 1.54) is 5.56 Å². The summed E-state index contributed by atoms with van der Waals surface area (Å²) in [5.41, 5.74) is 1.22. The highest BCUT2D eigenvalue weighted by molar-refractivity contribution is 14.0. The van der Waals surface area contributed by atoms with Crippen molar-refractivity contribution in [2.24, 2.45) is 4.99 Å². The summed E-state index contributed by atoms with van der Waals surface area (Å²) in [7, 11) is 5.13. The standard InChI is InChI=1S/C18H30N4O2.HI/c1-5-6-12-19-18(21-14-17(23)22(2)3)20-13-11-15-7-9-16(24-4)10-8-15;/h7-10H,5-6,11-14H2,1-4H3,(H2,19,20,21);1H. The van der Waals surface area contributed by atoms with Crippen molar-refractivity contribution in [3.63, 3.8) is 0 Å². The summed E-state index contributed by atoms with van der Waals surface area (Å²) < 4.78 is 5.16. The molecule has 1 rings (SSSR count). The lowest BCUT2D eigenvalue weighted by Crippen LogP contribution is -2.40. The van der Waals surface area contributed by atoms with Crippen LogP contribution in [0.3, 0.4) is 0 Å². The number of guanidine groups is 1. The molecule has 0 aliphatic carbocycles. The quantitative estimate of drug-likeness (QED) is 0.256. The molecule has 0 radical (unpaired) electrons. The number of hydrogen-bond acceptors (Lipinski definition) is 3. The van der Waals surface area contributed by atoms with Gasteiger partial charge in [-0.25, -0.2) is 4.99 Å². The van der Waals surface area contributed by atoms with Crippen molar-refractivity contribution in [3.05, 3.63) is 29.8 Å². The molecule has 0 bridgehead atoms. The maximum Gasteiger partial charge on any atom is 0.243 e. The van der Waals surface area contributed by atoms with E-state index in [-0.39, 0.29) is 36.4 Å². The zero-order chi connectivity index (χ0) is 17.8. The van der Waals surface area contributed by atoms with Crippen LogP contribution in [0.15, 0.2) is 29.3 Å². The number of benzene rings is 1. The summed E-state index contributed by atoms with van der Waals surface area (Å²) in [6.07, 6.45) is 3.06. The second kappa shape index (κ2) is 13.7. The Labute approximate surface area is 168 Å². The summed E-state index contributed by atoms with van der Waals surface area (Å²) in [6, 6.07) is 8.02. The van der Waals surface area contributed by atoms with Crippen LogP contribution in [0, 0.1) is 0 Å². The van der Waals surface area contributed by atoms with Crippen molar-refractivity contribution in [3.8, 4) is 5.75 Å². The molecule has 1 amide bonds. The molecule has 0 saturated carbocycles. The van der Waals surface area contributed by atoms with E-state index in [1.54, 1.807) is 26.1 Å². The van der Waals surface area contributed by atoms with Crippen molar-refractivity contribution >= 4 is 35.8 Å². The smallest absolute Gasteiger partial charge is 0.243 e. The van der Waals surface area contributed by atoms with E-state index in [0.29, 0.717) is 5.96 Å². The number of nitrogens with one attached hydrogen (secondary N) is 2. The number of rotatable bonds is 9. The predicted molar refractivity (Wildman–Crippen MR) is 114 cm³/mol. The second-order valence-corrected chi connectivity index (χ2v) is 5.76. The molecule has 6 nitrogen and oxygen atoms in total. The van der Waals surface area contributed by atoms with Crippen LogP contribution < -0.4 is 15.4 Å². The van der Waals surface area contributed by atoms with Crippen LogP contribution in [0.25, 0.3) is 0 Å². The third kappa shape index (κ3) is 10.2. The van der Waals surface area contributed by atoms with Gasteiger partial charge in [-0.15, -0.1) is 24.0 Å². The van der Waals surface area contributed by atoms with Gasteiger partial charge in [-0.1, -0.05) is 25.5 Å². The molecule has 0 spiro atoms. The number of likely N-dealkylation sites (N-methyl/N-ethyl adjacent to an activating group) is 1. The van der Waals surface area contributed by atoms with Crippen LogP contribution in [0.5, 0.6) is 5.75 Å². The molecule has 25 heavy (non-hydrogen) atoms. The Morgan fingerprint density at radius 1 is 1.16 bits per heavy atom. The van der Waals surface area contributed by atoms with Gasteiger partial charge in [-0.05, 0) is 30.5 Å². The van der Waals surface area contributed by atoms with Crippen LogP contribution in [-0.2, 0) is 11.2 Å². The number of methoxy groups -OCH3 is 1. The van der Waals surface area contributed by atoms with Gasteiger partial charge < -0.3 is 20.3 Å². The topological polar surface area (TPSA) is 66.0 Å². The number of unbranched alkanes of at least 4 members (excludes halogenated alkanes) is 1. The molecule has 0 heterocycles. The molecule has 0 fully saturated rings. The van der Waals surface area contributed by atoms with Crippen LogP contribution in [0.2, 0.25) is 0 Å². The van der Waals surface area contributed by atoms with E-state index in [9.17, 15) is 4.79 Å². The number of aliphatic imine (C=N–C) groups is 1. The van der Waals surface area contributed by atoms with E-state index in [0.717, 1.165) is 38.1 Å². The summed E-state index contributed by atoms with van der Waals surface area (Å²) in [5, 5.41) is 6.55. The molecule has 1 aromatic carbocycles. The Hall–Kier alpha value is -1.51. The summed E-state index contributed by atoms with van der Waals surface area (Å²) in [6.45, 7) is 3.89. The van der Waals surface area contributed by atoms with Crippen molar-refractivity contribution in [2.75, 3.05) is 40.8 Å². The summed E-state index contributed by atoms with van der Waals surface area (Å²) in [5.74, 6) is 1.53. The number of carbonyl (C=O) groups excluding carboxylic acids is 1. The Balaban J connectivity index is 0.00000576. The van der Waals surface area contributed by atoms with Gasteiger partial charge >= 0.3 is 0 Å². The van der Waals surface area contributed by atoms with Gasteiger partial charge in [-0.2, -0.15) is 0 Å². The lowest BCUT2D eigenvalue weighted by molar-refractivity contribution is -0.127. The first-order chi connectivity index (χ1) is 11.6. The monoisotopic (exact) mass is 462 g/mol. The summed E-state index contributed by atoms with van der Waals surface area (Å²) in [4.78, 5) is 17.6. The molecule has 0 aromatic heterocycles. The molecular formula is C18H31IN4O2. The predicted octanol–water partition coefficient (Wildman–Crippen LogP) is 2.28. The highest BCUT2D eigenvalue weighted by Crippen LogP contribution is 2.11. The zero-order valence-corrected chi connectivity index (χ0v) is 18.0. The van der Waals surface area contributed by atoms with Gasteiger partial charge in [0.15, 0.2) is 5.96 Å². The Kier molecular flexibility index (Phi) is 12.9. The molecule has 0 atom stereocenters. The van der Waals surface area contributed by atoms with Crippen molar-refractivity contribution in [2.45, 2.75) is 26.2 Å². The Morgan fingerprint density at radius 2 is 1.80 bits per heavy atom. The van der Waals surface area contributed by atoms with Gasteiger partial charge in [0, 0.05) is 27.2 Å². The number of ether oxygens (including phenoxy) is 1. The molecular weight excluding hydrogens is 431 g/mol. The van der Waals surface area contributed by atoms with Gasteiger partial charge in [0.05, 0.1) is 7.11 Å². The fourth-order valence-corrected chi connectivity index (χ4v) is 1.96.